The SMILES string of the molecule is C=C(CCCF)NC(C)c1ccc(OCC(C)(F)F)nc1. The number of aromatic nitrogens is 1. The summed E-state index contributed by atoms with van der Waals surface area (Å²) in [6.45, 7) is 5.46. The zero-order valence-electron chi connectivity index (χ0n) is 12.3. The number of alkyl halides is 3. The van der Waals surface area contributed by atoms with E-state index in [-0.39, 0.29) is 18.6 Å². The van der Waals surface area contributed by atoms with Crippen LogP contribution in [0.4, 0.5) is 13.2 Å². The number of ether oxygens (including phenoxy) is 1. The van der Waals surface area contributed by atoms with Gasteiger partial charge in [0.05, 0.1) is 6.67 Å². The molecule has 0 bridgehead atoms. The van der Waals surface area contributed by atoms with Crippen LogP contribution in [0, 0.1) is 0 Å². The van der Waals surface area contributed by atoms with Crippen LogP contribution in [-0.2, 0) is 0 Å². The zero-order chi connectivity index (χ0) is 15.9. The molecule has 1 N–H and O–H groups in total. The van der Waals surface area contributed by atoms with E-state index in [2.05, 4.69) is 16.9 Å². The molecule has 0 saturated heterocycles. The van der Waals surface area contributed by atoms with Crippen molar-refractivity contribution in [3.05, 3.63) is 36.2 Å². The van der Waals surface area contributed by atoms with Crippen LogP contribution in [0.3, 0.4) is 0 Å². The summed E-state index contributed by atoms with van der Waals surface area (Å²) in [4.78, 5) is 3.99. The lowest BCUT2D eigenvalue weighted by atomic mass is 10.1. The Kier molecular flexibility index (Phi) is 6.52. The molecule has 3 nitrogen and oxygen atoms in total. The van der Waals surface area contributed by atoms with E-state index in [4.69, 9.17) is 4.74 Å². The fraction of sp³-hybridized carbons (Fsp3) is 0.533. The van der Waals surface area contributed by atoms with Gasteiger partial charge in [0.25, 0.3) is 5.92 Å². The number of nitrogens with one attached hydrogen (secondary N) is 1. The Morgan fingerprint density at radius 3 is 2.71 bits per heavy atom. The van der Waals surface area contributed by atoms with Gasteiger partial charge < -0.3 is 10.1 Å². The molecule has 1 heterocycles. The molecular weight excluding hydrogens is 281 g/mol. The second-order valence-electron chi connectivity index (χ2n) is 5.05. The topological polar surface area (TPSA) is 34.1 Å². The third-order valence-corrected chi connectivity index (χ3v) is 2.77. The summed E-state index contributed by atoms with van der Waals surface area (Å²) in [6, 6.07) is 3.24. The molecule has 1 atom stereocenters. The van der Waals surface area contributed by atoms with Crippen LogP contribution in [0.25, 0.3) is 0 Å². The summed E-state index contributed by atoms with van der Waals surface area (Å²) in [7, 11) is 0. The maximum atomic E-state index is 12.7. The highest BCUT2D eigenvalue weighted by atomic mass is 19.3. The van der Waals surface area contributed by atoms with Crippen LogP contribution in [0.1, 0.15) is 38.3 Å². The second-order valence-corrected chi connectivity index (χ2v) is 5.05. The molecule has 0 aliphatic rings. The fourth-order valence-corrected chi connectivity index (χ4v) is 1.68. The van der Waals surface area contributed by atoms with Crippen molar-refractivity contribution < 1.29 is 17.9 Å². The van der Waals surface area contributed by atoms with Gasteiger partial charge in [-0.2, -0.15) is 0 Å². The number of allylic oxidation sites excluding steroid dienone is 1. The maximum Gasteiger partial charge on any atom is 0.278 e. The number of nitrogens with zero attached hydrogens (tertiary/aromatic N) is 1. The normalized spacial score (nSPS) is 12.8. The number of hydrogen-bond donors (Lipinski definition) is 1. The van der Waals surface area contributed by atoms with Gasteiger partial charge in [-0.1, -0.05) is 12.6 Å². The molecule has 0 spiro atoms. The van der Waals surface area contributed by atoms with E-state index < -0.39 is 12.5 Å². The average Bonchev–Trinajstić information content (AvgIpc) is 2.42. The van der Waals surface area contributed by atoms with Crippen LogP contribution in [0.15, 0.2) is 30.6 Å². The number of pyridine rings is 1. The Morgan fingerprint density at radius 2 is 2.19 bits per heavy atom. The molecule has 0 aromatic carbocycles. The summed E-state index contributed by atoms with van der Waals surface area (Å²) < 4.78 is 42.3. The Hall–Kier alpha value is -1.72. The first kappa shape index (κ1) is 17.3. The molecular formula is C15H21F3N2O. The van der Waals surface area contributed by atoms with Crippen molar-refractivity contribution in [2.45, 2.75) is 38.7 Å². The number of rotatable bonds is 9. The van der Waals surface area contributed by atoms with Crippen LogP contribution in [-0.4, -0.2) is 24.2 Å². The second kappa shape index (κ2) is 7.90. The summed E-state index contributed by atoms with van der Waals surface area (Å²) in [6.07, 6.45) is 2.57. The van der Waals surface area contributed by atoms with Gasteiger partial charge in [0.2, 0.25) is 5.88 Å². The molecule has 0 aliphatic heterocycles. The van der Waals surface area contributed by atoms with E-state index in [0.717, 1.165) is 18.2 Å². The molecule has 1 unspecified atom stereocenters. The Bertz CT molecular complexity index is 443. The van der Waals surface area contributed by atoms with Crippen molar-refractivity contribution in [2.24, 2.45) is 0 Å². The van der Waals surface area contributed by atoms with E-state index in [1.807, 2.05) is 6.92 Å². The van der Waals surface area contributed by atoms with Crippen LogP contribution in [0.2, 0.25) is 0 Å². The highest BCUT2D eigenvalue weighted by Crippen LogP contribution is 2.18. The summed E-state index contributed by atoms with van der Waals surface area (Å²) in [5.41, 5.74) is 1.62. The average molecular weight is 302 g/mol. The predicted octanol–water partition coefficient (Wildman–Crippen LogP) is 4.03. The molecule has 0 amide bonds. The van der Waals surface area contributed by atoms with Gasteiger partial charge >= 0.3 is 0 Å². The van der Waals surface area contributed by atoms with Crippen molar-refractivity contribution in [2.75, 3.05) is 13.3 Å². The zero-order valence-corrected chi connectivity index (χ0v) is 12.3. The first-order valence-corrected chi connectivity index (χ1v) is 6.78. The van der Waals surface area contributed by atoms with Gasteiger partial charge in [0.1, 0.15) is 0 Å². The molecule has 0 fully saturated rings. The molecule has 1 rings (SSSR count). The van der Waals surface area contributed by atoms with Crippen LogP contribution < -0.4 is 10.1 Å². The predicted molar refractivity (Wildman–Crippen MR) is 76.3 cm³/mol. The van der Waals surface area contributed by atoms with Crippen molar-refractivity contribution in [1.29, 1.82) is 0 Å². The Morgan fingerprint density at radius 1 is 1.48 bits per heavy atom. The van der Waals surface area contributed by atoms with E-state index in [9.17, 15) is 13.2 Å². The van der Waals surface area contributed by atoms with Crippen molar-refractivity contribution >= 4 is 0 Å². The van der Waals surface area contributed by atoms with Gasteiger partial charge in [-0.05, 0) is 25.3 Å². The summed E-state index contributed by atoms with van der Waals surface area (Å²) >= 11 is 0. The van der Waals surface area contributed by atoms with E-state index in [1.165, 1.54) is 0 Å². The molecule has 0 aliphatic carbocycles. The lowest BCUT2D eigenvalue weighted by Gasteiger charge is -2.17. The maximum absolute atomic E-state index is 12.7. The van der Waals surface area contributed by atoms with E-state index in [0.29, 0.717) is 12.8 Å². The smallest absolute Gasteiger partial charge is 0.278 e. The van der Waals surface area contributed by atoms with Gasteiger partial charge in [-0.15, -0.1) is 0 Å². The highest BCUT2D eigenvalue weighted by molar-refractivity contribution is 5.21. The molecule has 6 heteroatoms. The lowest BCUT2D eigenvalue weighted by Crippen LogP contribution is -2.21. The number of hydrogen-bond acceptors (Lipinski definition) is 3. The van der Waals surface area contributed by atoms with Gasteiger partial charge in [-0.25, -0.2) is 13.8 Å². The van der Waals surface area contributed by atoms with Crippen LogP contribution in [0.5, 0.6) is 5.88 Å². The minimum atomic E-state index is -2.89. The van der Waals surface area contributed by atoms with E-state index >= 15 is 0 Å². The molecule has 0 radical (unpaired) electrons. The quantitative estimate of drug-likeness (QED) is 0.748. The minimum absolute atomic E-state index is 0.0497. The largest absolute Gasteiger partial charge is 0.471 e. The number of halogens is 3. The molecule has 1 aromatic heterocycles. The Balaban J connectivity index is 2.51. The summed E-state index contributed by atoms with van der Waals surface area (Å²) in [5.74, 6) is -2.73. The fourth-order valence-electron chi connectivity index (χ4n) is 1.68. The summed E-state index contributed by atoms with van der Waals surface area (Å²) in [5, 5.41) is 3.14. The van der Waals surface area contributed by atoms with Gasteiger partial charge in [0, 0.05) is 30.9 Å². The molecule has 0 saturated carbocycles. The lowest BCUT2D eigenvalue weighted by molar-refractivity contribution is -0.0242. The molecule has 21 heavy (non-hydrogen) atoms. The first-order valence-electron chi connectivity index (χ1n) is 6.78. The standard InChI is InChI=1S/C15H21F3N2O/c1-11(5-4-8-16)20-12(2)13-6-7-14(19-9-13)21-10-15(3,17)18/h6-7,9,12,20H,1,4-5,8,10H2,2-3H3. The van der Waals surface area contributed by atoms with Crippen molar-refractivity contribution in [3.8, 4) is 5.88 Å². The minimum Gasteiger partial charge on any atom is -0.471 e. The van der Waals surface area contributed by atoms with Gasteiger partial charge in [0.15, 0.2) is 6.61 Å². The van der Waals surface area contributed by atoms with Crippen molar-refractivity contribution in [1.82, 2.24) is 10.3 Å². The third kappa shape index (κ3) is 7.02. The monoisotopic (exact) mass is 302 g/mol. The van der Waals surface area contributed by atoms with Crippen molar-refractivity contribution in [3.63, 3.8) is 0 Å². The Labute approximate surface area is 123 Å². The molecule has 118 valence electrons. The third-order valence-electron chi connectivity index (χ3n) is 2.77. The highest BCUT2D eigenvalue weighted by Gasteiger charge is 2.22. The van der Waals surface area contributed by atoms with Gasteiger partial charge in [-0.3, -0.25) is 4.39 Å². The van der Waals surface area contributed by atoms with Crippen LogP contribution >= 0.6 is 0 Å². The van der Waals surface area contributed by atoms with E-state index in [1.54, 1.807) is 18.3 Å². The first-order chi connectivity index (χ1) is 9.81. The molecule has 1 aromatic rings.